The van der Waals surface area contributed by atoms with Crippen LogP contribution in [-0.4, -0.2) is 10.2 Å². The summed E-state index contributed by atoms with van der Waals surface area (Å²) >= 11 is 0. The predicted molar refractivity (Wildman–Crippen MR) is 126 cm³/mol. The number of hydrogen-bond donors (Lipinski definition) is 2. The van der Waals surface area contributed by atoms with Crippen molar-refractivity contribution in [3.05, 3.63) is 106 Å². The molecule has 0 aliphatic heterocycles. The molecule has 4 rings (SSSR count). The molecule has 0 atom stereocenters. The largest absolute Gasteiger partial charge is 2.00 e. The Morgan fingerprint density at radius 3 is 1.14 bits per heavy atom. The van der Waals surface area contributed by atoms with Gasteiger partial charge in [0.1, 0.15) is 11.5 Å². The zero-order valence-corrected chi connectivity index (χ0v) is 22.7. The van der Waals surface area contributed by atoms with Gasteiger partial charge in [0, 0.05) is 0 Å². The van der Waals surface area contributed by atoms with E-state index in [9.17, 15) is 26.3 Å². The summed E-state index contributed by atoms with van der Waals surface area (Å²) in [5, 5.41) is 17.3. The molecule has 2 aromatic rings. The maximum atomic E-state index is 11.8. The molecule has 0 spiro atoms. The molecular weight excluding hydrogens is 574 g/mol. The van der Waals surface area contributed by atoms with E-state index < -0.39 is 23.5 Å². The van der Waals surface area contributed by atoms with Gasteiger partial charge >= 0.3 is 38.6 Å². The molecule has 2 nitrogen and oxygen atoms in total. The fraction of sp³-hybridized carbons (Fsp3) is 0.286. The third-order valence-electron chi connectivity index (χ3n) is 5.41. The minimum absolute atomic E-state index is 0. The average Bonchev–Trinajstić information content (AvgIpc) is 3.40. The van der Waals surface area contributed by atoms with Crippen molar-refractivity contribution >= 4 is 0 Å². The van der Waals surface area contributed by atoms with Crippen LogP contribution in [0.25, 0.3) is 0 Å². The zero-order chi connectivity index (χ0) is 26.9. The minimum Gasteiger partial charge on any atom is -0.508 e. The molecule has 0 amide bonds. The van der Waals surface area contributed by atoms with Gasteiger partial charge in [-0.3, -0.25) is 12.2 Å². The first-order valence-corrected chi connectivity index (χ1v) is 11.0. The number of aromatic hydroxyl groups is 2. The van der Waals surface area contributed by atoms with E-state index in [-0.39, 0.29) is 37.7 Å². The Kier molecular flexibility index (Phi) is 12.7. The summed E-state index contributed by atoms with van der Waals surface area (Å²) in [5.41, 5.74) is 4.17. The van der Waals surface area contributed by atoms with Crippen LogP contribution >= 0.6 is 0 Å². The number of alkyl halides is 6. The summed E-state index contributed by atoms with van der Waals surface area (Å²) < 4.78 is 71.0. The molecular formula is C28H26F6O2Zr. The quantitative estimate of drug-likeness (QED) is 0.274. The molecule has 0 bridgehead atoms. The van der Waals surface area contributed by atoms with Crippen LogP contribution in [0.15, 0.2) is 83.0 Å². The number of hydrogen-bond acceptors (Lipinski definition) is 2. The minimum atomic E-state index is -4.33. The van der Waals surface area contributed by atoms with Gasteiger partial charge in [0.05, 0.1) is 11.1 Å². The second-order valence-corrected chi connectivity index (χ2v) is 8.08. The van der Waals surface area contributed by atoms with Crippen molar-refractivity contribution in [2.75, 3.05) is 0 Å². The van der Waals surface area contributed by atoms with E-state index in [1.54, 1.807) is 0 Å². The summed E-state index contributed by atoms with van der Waals surface area (Å²) in [6.45, 7) is 4.37. The van der Waals surface area contributed by atoms with E-state index in [4.69, 9.17) is 10.2 Å². The third-order valence-corrected chi connectivity index (χ3v) is 5.41. The molecule has 2 N–H and O–H groups in total. The number of benzene rings is 2. The Morgan fingerprint density at radius 1 is 0.622 bits per heavy atom. The second kappa shape index (κ2) is 14.4. The van der Waals surface area contributed by atoms with Crippen molar-refractivity contribution in [1.29, 1.82) is 0 Å². The van der Waals surface area contributed by atoms with Gasteiger partial charge in [0.15, 0.2) is 0 Å². The van der Waals surface area contributed by atoms with E-state index in [0.717, 1.165) is 74.2 Å². The van der Waals surface area contributed by atoms with Crippen molar-refractivity contribution < 1.29 is 62.8 Å². The molecule has 0 fully saturated rings. The Balaban J connectivity index is 0.000000277. The standard InChI is InChI=1S/C14H16.2C7H5F3O.Zr/c1-11-5-3-7-13(11)9-10-14-8-4-6-12(14)2;2*8-7(9,10)5-1-3-6(11)4-2-5;/h5-6H,3-4,9-10H2,1-2H3;2*1-4,11H;/q-2;;;+2. The van der Waals surface area contributed by atoms with Crippen LogP contribution in [0, 0.1) is 12.2 Å². The Morgan fingerprint density at radius 2 is 0.919 bits per heavy atom. The van der Waals surface area contributed by atoms with E-state index in [0.29, 0.717) is 0 Å². The molecule has 2 aliphatic carbocycles. The molecule has 2 aromatic carbocycles. The topological polar surface area (TPSA) is 40.5 Å². The van der Waals surface area contributed by atoms with Crippen LogP contribution in [0.5, 0.6) is 11.5 Å². The summed E-state index contributed by atoms with van der Waals surface area (Å²) in [5.74, 6) is -0.337. The van der Waals surface area contributed by atoms with Gasteiger partial charge in [0.2, 0.25) is 0 Å². The van der Waals surface area contributed by atoms with Crippen molar-refractivity contribution in [3.63, 3.8) is 0 Å². The van der Waals surface area contributed by atoms with E-state index in [1.807, 2.05) is 0 Å². The fourth-order valence-electron chi connectivity index (χ4n) is 3.30. The number of phenols is 2. The Bertz CT molecular complexity index is 1030. The van der Waals surface area contributed by atoms with Gasteiger partial charge in [-0.25, -0.2) is 22.3 Å². The van der Waals surface area contributed by atoms with Crippen molar-refractivity contribution in [1.82, 2.24) is 0 Å². The summed E-state index contributed by atoms with van der Waals surface area (Å²) in [6.07, 6.45) is 6.97. The average molecular weight is 600 g/mol. The van der Waals surface area contributed by atoms with Crippen molar-refractivity contribution in [3.8, 4) is 11.5 Å². The predicted octanol–water partition coefficient (Wildman–Crippen LogP) is 8.75. The van der Waals surface area contributed by atoms with Crippen molar-refractivity contribution in [2.24, 2.45) is 0 Å². The summed E-state index contributed by atoms with van der Waals surface area (Å²) in [4.78, 5) is 0. The first-order chi connectivity index (χ1) is 16.8. The first kappa shape index (κ1) is 32.5. The molecule has 0 saturated heterocycles. The monoisotopic (exact) mass is 598 g/mol. The SMILES string of the molecule is CC1=CC[C-]=C1CCC1=[C-]CC=C1C.Oc1ccc(C(F)(F)F)cc1.Oc1ccc(C(F)(F)F)cc1.[Zr+2]. The maximum absolute atomic E-state index is 11.8. The van der Waals surface area contributed by atoms with Crippen molar-refractivity contribution in [2.45, 2.75) is 51.9 Å². The van der Waals surface area contributed by atoms with E-state index in [1.165, 1.54) is 22.3 Å². The van der Waals surface area contributed by atoms with Crippen LogP contribution in [0.4, 0.5) is 26.3 Å². The fourth-order valence-corrected chi connectivity index (χ4v) is 3.30. The van der Waals surface area contributed by atoms with E-state index >= 15 is 0 Å². The Hall–Kier alpha value is -2.54. The molecule has 0 unspecified atom stereocenters. The molecule has 9 heteroatoms. The molecule has 0 heterocycles. The number of rotatable bonds is 3. The molecule has 0 aromatic heterocycles. The summed E-state index contributed by atoms with van der Waals surface area (Å²) in [6, 6.07) is 7.33. The number of phenolic OH excluding ortho intramolecular Hbond substituents is 2. The zero-order valence-electron chi connectivity index (χ0n) is 20.3. The van der Waals surface area contributed by atoms with Crippen LogP contribution in [0.2, 0.25) is 0 Å². The number of halogens is 6. The molecule has 2 aliphatic rings. The van der Waals surface area contributed by atoms with Crippen LogP contribution in [-0.2, 0) is 38.6 Å². The molecule has 196 valence electrons. The van der Waals surface area contributed by atoms with E-state index in [2.05, 4.69) is 38.2 Å². The second-order valence-electron chi connectivity index (χ2n) is 8.08. The number of allylic oxidation sites excluding steroid dienone is 8. The van der Waals surface area contributed by atoms with Crippen LogP contribution < -0.4 is 0 Å². The maximum Gasteiger partial charge on any atom is 2.00 e. The summed E-state index contributed by atoms with van der Waals surface area (Å²) in [7, 11) is 0. The Labute approximate surface area is 231 Å². The molecule has 0 saturated carbocycles. The van der Waals surface area contributed by atoms with Gasteiger partial charge in [-0.2, -0.15) is 38.5 Å². The first-order valence-electron chi connectivity index (χ1n) is 11.0. The normalized spacial score (nSPS) is 14.6. The van der Waals surface area contributed by atoms with Crippen LogP contribution in [0.1, 0.15) is 50.7 Å². The van der Waals surface area contributed by atoms with Gasteiger partial charge in [0.25, 0.3) is 0 Å². The van der Waals surface area contributed by atoms with Gasteiger partial charge < -0.3 is 10.2 Å². The molecule has 37 heavy (non-hydrogen) atoms. The smallest absolute Gasteiger partial charge is 0.508 e. The van der Waals surface area contributed by atoms with Crippen LogP contribution in [0.3, 0.4) is 0 Å². The van der Waals surface area contributed by atoms with Gasteiger partial charge in [-0.05, 0) is 48.5 Å². The van der Waals surface area contributed by atoms with Gasteiger partial charge in [-0.1, -0.05) is 12.8 Å². The molecule has 0 radical (unpaired) electrons. The third kappa shape index (κ3) is 11.2. The van der Waals surface area contributed by atoms with Gasteiger partial charge in [-0.15, -0.1) is 26.7 Å².